The molecule has 3 aromatic heterocycles. The van der Waals surface area contributed by atoms with Gasteiger partial charge in [0.15, 0.2) is 0 Å². The molecule has 4 heterocycles. The Morgan fingerprint density at radius 1 is 0.439 bits per heavy atom. The molecular weight excluding hydrogens is 693 g/mol. The van der Waals surface area contributed by atoms with Crippen LogP contribution in [0.2, 0.25) is 0 Å². The first kappa shape index (κ1) is 31.2. The third kappa shape index (κ3) is 4.07. The van der Waals surface area contributed by atoms with Crippen molar-refractivity contribution in [3.05, 3.63) is 192 Å². The summed E-state index contributed by atoms with van der Waals surface area (Å²) < 4.78 is 5.00. The minimum atomic E-state index is -0.0760. The molecule has 0 saturated carbocycles. The summed E-state index contributed by atoms with van der Waals surface area (Å²) in [6.07, 6.45) is 0. The lowest BCUT2D eigenvalue weighted by Gasteiger charge is -2.37. The van der Waals surface area contributed by atoms with Crippen LogP contribution in [-0.4, -0.2) is 8.97 Å². The third-order valence-electron chi connectivity index (χ3n) is 13.4. The number of benzene rings is 8. The number of hydrogen-bond acceptors (Lipinski definition) is 2. The van der Waals surface area contributed by atoms with Gasteiger partial charge in [-0.25, -0.2) is 0 Å². The lowest BCUT2D eigenvalue weighted by Crippen LogP contribution is -2.30. The van der Waals surface area contributed by atoms with Gasteiger partial charge in [0.1, 0.15) is 0 Å². The second-order valence-electron chi connectivity index (χ2n) is 16.6. The van der Waals surface area contributed by atoms with Gasteiger partial charge in [-0.15, -0.1) is 0 Å². The number of nitrogens with one attached hydrogen (secondary N) is 2. The predicted molar refractivity (Wildman–Crippen MR) is 239 cm³/mol. The topological polar surface area (TPSA) is 33.4 Å². The number of rotatable bonds is 3. The molecule has 4 heteroatoms. The number of aromatic nitrogens is 2. The summed E-state index contributed by atoms with van der Waals surface area (Å²) in [7, 11) is 0. The van der Waals surface area contributed by atoms with Crippen molar-refractivity contribution >= 4 is 71.3 Å². The molecule has 11 aromatic rings. The maximum Gasteiger partial charge on any atom is 0.0758 e. The van der Waals surface area contributed by atoms with E-state index in [4.69, 9.17) is 0 Å². The fourth-order valence-electron chi connectivity index (χ4n) is 10.8. The molecule has 0 fully saturated rings. The highest BCUT2D eigenvalue weighted by Crippen LogP contribution is 2.51. The van der Waals surface area contributed by atoms with Crippen molar-refractivity contribution < 1.29 is 0 Å². The first-order valence-corrected chi connectivity index (χ1v) is 20.1. The molecule has 0 saturated heterocycles. The number of anilines is 2. The summed E-state index contributed by atoms with van der Waals surface area (Å²) in [5.74, 6) is 0. The highest BCUT2D eigenvalue weighted by Gasteiger charge is 2.37. The Morgan fingerprint density at radius 3 is 1.86 bits per heavy atom. The van der Waals surface area contributed by atoms with Crippen LogP contribution in [0.4, 0.5) is 11.4 Å². The van der Waals surface area contributed by atoms with Crippen LogP contribution in [-0.2, 0) is 5.41 Å². The van der Waals surface area contributed by atoms with Crippen LogP contribution >= 0.6 is 0 Å². The van der Waals surface area contributed by atoms with E-state index in [2.05, 4.69) is 203 Å². The molecule has 13 rings (SSSR count). The lowest BCUT2D eigenvalue weighted by atomic mass is 9.80. The number of fused-ring (bicyclic) bond motifs is 9. The van der Waals surface area contributed by atoms with Crippen molar-refractivity contribution in [2.75, 3.05) is 10.6 Å². The highest BCUT2D eigenvalue weighted by atomic mass is 15.1. The molecule has 0 spiro atoms. The van der Waals surface area contributed by atoms with Gasteiger partial charge in [-0.05, 0) is 87.3 Å². The van der Waals surface area contributed by atoms with Crippen LogP contribution in [0.25, 0.3) is 76.7 Å². The SMILES string of the molecule is CC1(C)c2ccccc2-c2ccc(C3Nc4ccccc4NC3c3cccc(-n4c5cccc6c7cccc8c9ccccc9n(c9cccc4c9c65)c78)c3)cc21. The van der Waals surface area contributed by atoms with Crippen molar-refractivity contribution in [1.29, 1.82) is 0 Å². The van der Waals surface area contributed by atoms with Crippen LogP contribution in [0.15, 0.2) is 170 Å². The molecule has 2 unspecified atom stereocenters. The fourth-order valence-corrected chi connectivity index (χ4v) is 10.8. The second-order valence-corrected chi connectivity index (χ2v) is 16.6. The van der Waals surface area contributed by atoms with E-state index < -0.39 is 0 Å². The Hall–Kier alpha value is -7.04. The largest absolute Gasteiger partial charge is 0.374 e. The third-order valence-corrected chi connectivity index (χ3v) is 13.4. The predicted octanol–water partition coefficient (Wildman–Crippen LogP) is 13.6. The normalized spacial score (nSPS) is 17.0. The van der Waals surface area contributed by atoms with E-state index in [1.165, 1.54) is 93.3 Å². The van der Waals surface area contributed by atoms with E-state index in [0.29, 0.717) is 0 Å². The van der Waals surface area contributed by atoms with Crippen LogP contribution in [0.3, 0.4) is 0 Å². The van der Waals surface area contributed by atoms with Crippen LogP contribution in [0.1, 0.15) is 48.2 Å². The summed E-state index contributed by atoms with van der Waals surface area (Å²) in [5, 5.41) is 15.8. The van der Waals surface area contributed by atoms with Crippen molar-refractivity contribution in [3.63, 3.8) is 0 Å². The molecule has 1 aliphatic carbocycles. The summed E-state index contributed by atoms with van der Waals surface area (Å²) >= 11 is 0. The Kier molecular flexibility index (Phi) is 6.05. The Balaban J connectivity index is 1.03. The average Bonchev–Trinajstić information content (AvgIpc) is 3.83. The van der Waals surface area contributed by atoms with E-state index in [-0.39, 0.29) is 17.5 Å². The Morgan fingerprint density at radius 2 is 1.02 bits per heavy atom. The summed E-state index contributed by atoms with van der Waals surface area (Å²) in [6, 6.07) is 63.2. The minimum Gasteiger partial charge on any atom is -0.374 e. The van der Waals surface area contributed by atoms with Crippen molar-refractivity contribution in [2.24, 2.45) is 0 Å². The smallest absolute Gasteiger partial charge is 0.0758 e. The molecule has 1 aliphatic heterocycles. The molecule has 4 nitrogen and oxygen atoms in total. The zero-order valence-corrected chi connectivity index (χ0v) is 31.7. The molecule has 57 heavy (non-hydrogen) atoms. The van der Waals surface area contributed by atoms with Gasteiger partial charge in [0, 0.05) is 38.0 Å². The van der Waals surface area contributed by atoms with E-state index in [1.807, 2.05) is 0 Å². The zero-order chi connectivity index (χ0) is 37.6. The highest BCUT2D eigenvalue weighted by molar-refractivity contribution is 6.31. The monoisotopic (exact) mass is 730 g/mol. The molecule has 2 atom stereocenters. The standard InChI is InChI=1S/C53H38N4/c1-53(2)40-20-5-3-15-34(40)35-28-27-32(30-41(35)53)51-50(54-42-21-6-7-22-43(42)55-51)31-13-9-14-33(29-31)56-45-24-11-17-37-39-19-10-18-38-36-16-4-8-23-44(36)57(52(38)39)47-26-12-25-46(56)49(47)48(37)45/h3-30,50-51,54-55H,1-2H3. The second kappa shape index (κ2) is 11.0. The molecule has 0 radical (unpaired) electrons. The van der Waals surface area contributed by atoms with Gasteiger partial charge in [0.2, 0.25) is 0 Å². The van der Waals surface area contributed by atoms with Crippen LogP contribution < -0.4 is 10.6 Å². The van der Waals surface area contributed by atoms with E-state index in [1.54, 1.807) is 0 Å². The molecule has 2 N–H and O–H groups in total. The number of hydrogen-bond donors (Lipinski definition) is 2. The average molecular weight is 731 g/mol. The maximum atomic E-state index is 4.01. The van der Waals surface area contributed by atoms with Crippen molar-refractivity contribution in [2.45, 2.75) is 31.3 Å². The maximum absolute atomic E-state index is 4.01. The van der Waals surface area contributed by atoms with E-state index >= 15 is 0 Å². The zero-order valence-electron chi connectivity index (χ0n) is 31.7. The first-order chi connectivity index (χ1) is 28.0. The van der Waals surface area contributed by atoms with Crippen molar-refractivity contribution in [1.82, 2.24) is 8.97 Å². The molecule has 0 amide bonds. The van der Waals surface area contributed by atoms with Gasteiger partial charge in [-0.1, -0.05) is 135 Å². The van der Waals surface area contributed by atoms with E-state index in [0.717, 1.165) is 17.1 Å². The van der Waals surface area contributed by atoms with Gasteiger partial charge < -0.3 is 19.6 Å². The molecule has 0 bridgehead atoms. The fraction of sp³-hybridized carbons (Fsp3) is 0.0943. The van der Waals surface area contributed by atoms with Gasteiger partial charge >= 0.3 is 0 Å². The molecule has 270 valence electrons. The lowest BCUT2D eigenvalue weighted by molar-refractivity contribution is 0.626. The van der Waals surface area contributed by atoms with Gasteiger partial charge in [0.05, 0.1) is 51.0 Å². The van der Waals surface area contributed by atoms with Gasteiger partial charge in [-0.3, -0.25) is 0 Å². The van der Waals surface area contributed by atoms with Crippen LogP contribution in [0, 0.1) is 0 Å². The van der Waals surface area contributed by atoms with Gasteiger partial charge in [-0.2, -0.15) is 0 Å². The molecule has 2 aliphatic rings. The number of nitrogens with zero attached hydrogens (tertiary/aromatic N) is 2. The first-order valence-electron chi connectivity index (χ1n) is 20.1. The summed E-state index contributed by atoms with van der Waals surface area (Å²) in [5.41, 5.74) is 17.5. The number of para-hydroxylation sites is 4. The van der Waals surface area contributed by atoms with Gasteiger partial charge in [0.25, 0.3) is 0 Å². The summed E-state index contributed by atoms with van der Waals surface area (Å²) in [6.45, 7) is 4.73. The van der Waals surface area contributed by atoms with Crippen molar-refractivity contribution in [3.8, 4) is 16.8 Å². The summed E-state index contributed by atoms with van der Waals surface area (Å²) in [4.78, 5) is 0. The van der Waals surface area contributed by atoms with Crippen LogP contribution in [0.5, 0.6) is 0 Å². The quantitative estimate of drug-likeness (QED) is 0.190. The minimum absolute atomic E-state index is 0.00264. The molecular formula is C53H38N4. The Labute approximate surface area is 329 Å². The van der Waals surface area contributed by atoms with E-state index in [9.17, 15) is 0 Å². The molecule has 8 aromatic carbocycles. The Bertz CT molecular complexity index is 3470.